The Morgan fingerprint density at radius 2 is 1.83 bits per heavy atom. The van der Waals surface area contributed by atoms with Crippen LogP contribution in [0, 0.1) is 5.92 Å². The number of para-hydroxylation sites is 1. The van der Waals surface area contributed by atoms with E-state index in [-0.39, 0.29) is 36.2 Å². The van der Waals surface area contributed by atoms with Gasteiger partial charge >= 0.3 is 6.03 Å². The zero-order chi connectivity index (χ0) is 20.9. The molecule has 3 heterocycles. The number of carbonyl (C=O) groups excluding carboxylic acids is 3. The molecule has 2 saturated heterocycles. The maximum Gasteiger partial charge on any atom is 0.321 e. The van der Waals surface area contributed by atoms with Crippen LogP contribution in [0.2, 0.25) is 0 Å². The van der Waals surface area contributed by atoms with Crippen molar-refractivity contribution in [3.05, 3.63) is 54.5 Å². The number of piperidine rings is 1. The molecular formula is C22H26N4O4. The Morgan fingerprint density at radius 1 is 1.07 bits per heavy atom. The van der Waals surface area contributed by atoms with Gasteiger partial charge in [-0.15, -0.1) is 0 Å². The van der Waals surface area contributed by atoms with E-state index in [4.69, 9.17) is 4.42 Å². The van der Waals surface area contributed by atoms with Crippen LogP contribution in [0.15, 0.2) is 53.1 Å². The van der Waals surface area contributed by atoms with Crippen molar-refractivity contribution < 1.29 is 18.8 Å². The highest BCUT2D eigenvalue weighted by atomic mass is 16.3. The number of benzene rings is 1. The van der Waals surface area contributed by atoms with Crippen molar-refractivity contribution in [1.82, 2.24) is 15.1 Å². The molecule has 2 fully saturated rings. The predicted molar refractivity (Wildman–Crippen MR) is 110 cm³/mol. The number of carbonyl (C=O) groups is 3. The highest BCUT2D eigenvalue weighted by Gasteiger charge is 2.36. The van der Waals surface area contributed by atoms with Crippen molar-refractivity contribution in [2.24, 2.45) is 5.92 Å². The van der Waals surface area contributed by atoms with Gasteiger partial charge in [0.25, 0.3) is 0 Å². The van der Waals surface area contributed by atoms with Crippen molar-refractivity contribution >= 4 is 23.5 Å². The number of urea groups is 1. The summed E-state index contributed by atoms with van der Waals surface area (Å²) in [5.41, 5.74) is 0.767. The van der Waals surface area contributed by atoms with Crippen molar-refractivity contribution in [3.63, 3.8) is 0 Å². The standard InChI is InChI=1S/C22H26N4O4/c27-20-13-16(14-26(20)15-19-7-4-12-30-19)21(28)23-18-8-10-25(11-9-18)22(29)24-17-5-2-1-3-6-17/h1-7,12,16,18H,8-11,13-15H2,(H,23,28)(H,24,29)/t16-/m0/s1. The van der Waals surface area contributed by atoms with Crippen LogP contribution in [0.3, 0.4) is 0 Å². The summed E-state index contributed by atoms with van der Waals surface area (Å²) in [4.78, 5) is 40.7. The number of hydrogen-bond donors (Lipinski definition) is 2. The summed E-state index contributed by atoms with van der Waals surface area (Å²) in [6.45, 7) is 1.96. The van der Waals surface area contributed by atoms with Crippen molar-refractivity contribution in [1.29, 1.82) is 0 Å². The smallest absolute Gasteiger partial charge is 0.321 e. The number of rotatable bonds is 5. The molecular weight excluding hydrogens is 384 g/mol. The van der Waals surface area contributed by atoms with Crippen LogP contribution >= 0.6 is 0 Å². The largest absolute Gasteiger partial charge is 0.467 e. The van der Waals surface area contributed by atoms with Crippen LogP contribution in [0.5, 0.6) is 0 Å². The molecule has 2 aromatic rings. The SMILES string of the molecule is O=C(NC1CCN(C(=O)Nc2ccccc2)CC1)[C@H]1CC(=O)N(Cc2ccco2)C1. The van der Waals surface area contributed by atoms with E-state index in [2.05, 4.69) is 10.6 Å². The highest BCUT2D eigenvalue weighted by molar-refractivity contribution is 5.90. The second kappa shape index (κ2) is 9.02. The van der Waals surface area contributed by atoms with Crippen molar-refractivity contribution in [2.75, 3.05) is 25.0 Å². The second-order valence-electron chi connectivity index (χ2n) is 7.82. The molecule has 4 amide bonds. The van der Waals surface area contributed by atoms with Crippen LogP contribution in [0.25, 0.3) is 0 Å². The number of furan rings is 1. The molecule has 2 aliphatic heterocycles. The Bertz CT molecular complexity index is 876. The molecule has 0 bridgehead atoms. The fourth-order valence-corrected chi connectivity index (χ4v) is 3.96. The molecule has 1 atom stereocenters. The Labute approximate surface area is 175 Å². The van der Waals surface area contributed by atoms with E-state index in [1.165, 1.54) is 0 Å². The molecule has 0 aliphatic carbocycles. The lowest BCUT2D eigenvalue weighted by Crippen LogP contribution is -2.49. The molecule has 1 aromatic heterocycles. The fraction of sp³-hybridized carbons (Fsp3) is 0.409. The summed E-state index contributed by atoms with van der Waals surface area (Å²) >= 11 is 0. The molecule has 0 unspecified atom stereocenters. The molecule has 0 radical (unpaired) electrons. The van der Waals surface area contributed by atoms with Gasteiger partial charge in [-0.3, -0.25) is 9.59 Å². The van der Waals surface area contributed by atoms with Crippen LogP contribution in [-0.4, -0.2) is 53.3 Å². The van der Waals surface area contributed by atoms with Gasteiger partial charge in [-0.05, 0) is 37.1 Å². The lowest BCUT2D eigenvalue weighted by Gasteiger charge is -2.32. The maximum absolute atomic E-state index is 12.7. The minimum atomic E-state index is -0.341. The molecule has 4 rings (SSSR count). The molecule has 8 nitrogen and oxygen atoms in total. The zero-order valence-corrected chi connectivity index (χ0v) is 16.8. The van der Waals surface area contributed by atoms with Crippen LogP contribution in [0.1, 0.15) is 25.0 Å². The minimum Gasteiger partial charge on any atom is -0.467 e. The summed E-state index contributed by atoms with van der Waals surface area (Å²) in [6, 6.07) is 12.9. The van der Waals surface area contributed by atoms with Crippen molar-refractivity contribution in [2.45, 2.75) is 31.8 Å². The Morgan fingerprint density at radius 3 is 2.53 bits per heavy atom. The van der Waals surface area contributed by atoms with Gasteiger partial charge in [0.15, 0.2) is 0 Å². The van der Waals surface area contributed by atoms with Gasteiger partial charge in [0.05, 0.1) is 18.7 Å². The Kier molecular flexibility index (Phi) is 6.02. The number of amides is 4. The van der Waals surface area contributed by atoms with E-state index in [9.17, 15) is 14.4 Å². The Balaban J connectivity index is 1.21. The number of nitrogens with zero attached hydrogens (tertiary/aromatic N) is 2. The summed E-state index contributed by atoms with van der Waals surface area (Å²) in [6.07, 6.45) is 3.20. The van der Waals surface area contributed by atoms with Crippen molar-refractivity contribution in [3.8, 4) is 0 Å². The average molecular weight is 410 g/mol. The molecule has 8 heteroatoms. The van der Waals surface area contributed by atoms with Gasteiger partial charge in [0, 0.05) is 37.8 Å². The second-order valence-corrected chi connectivity index (χ2v) is 7.82. The molecule has 2 N–H and O–H groups in total. The summed E-state index contributed by atoms with van der Waals surface area (Å²) in [7, 11) is 0. The first-order valence-electron chi connectivity index (χ1n) is 10.3. The predicted octanol–water partition coefficient (Wildman–Crippen LogP) is 2.44. The number of nitrogens with one attached hydrogen (secondary N) is 2. The third kappa shape index (κ3) is 4.82. The summed E-state index contributed by atoms with van der Waals surface area (Å²) in [5, 5.41) is 5.96. The Hall–Kier alpha value is -3.29. The topological polar surface area (TPSA) is 94.9 Å². The first-order valence-corrected chi connectivity index (χ1v) is 10.3. The average Bonchev–Trinajstić information content (AvgIpc) is 3.40. The highest BCUT2D eigenvalue weighted by Crippen LogP contribution is 2.22. The van der Waals surface area contributed by atoms with Crippen LogP contribution in [-0.2, 0) is 16.1 Å². The van der Waals surface area contributed by atoms with Gasteiger partial charge in [-0.1, -0.05) is 18.2 Å². The number of anilines is 1. The van der Waals surface area contributed by atoms with Crippen LogP contribution in [0.4, 0.5) is 10.5 Å². The van der Waals surface area contributed by atoms with Gasteiger partial charge in [-0.2, -0.15) is 0 Å². The van der Waals surface area contributed by atoms with E-state index in [1.54, 1.807) is 22.1 Å². The van der Waals surface area contributed by atoms with Gasteiger partial charge in [0.2, 0.25) is 11.8 Å². The number of hydrogen-bond acceptors (Lipinski definition) is 4. The quantitative estimate of drug-likeness (QED) is 0.792. The lowest BCUT2D eigenvalue weighted by molar-refractivity contribution is -0.129. The maximum atomic E-state index is 12.7. The lowest BCUT2D eigenvalue weighted by atomic mass is 10.0. The summed E-state index contributed by atoms with van der Waals surface area (Å²) < 4.78 is 5.30. The molecule has 0 spiro atoms. The monoisotopic (exact) mass is 410 g/mol. The fourth-order valence-electron chi connectivity index (χ4n) is 3.96. The van der Waals surface area contributed by atoms with E-state index in [0.29, 0.717) is 44.8 Å². The molecule has 158 valence electrons. The molecule has 30 heavy (non-hydrogen) atoms. The normalized spacial score (nSPS) is 19.7. The molecule has 2 aliphatic rings. The molecule has 0 saturated carbocycles. The third-order valence-corrected chi connectivity index (χ3v) is 5.67. The first-order chi connectivity index (χ1) is 14.6. The summed E-state index contributed by atoms with van der Waals surface area (Å²) in [5.74, 6) is 0.258. The van der Waals surface area contributed by atoms with Crippen LogP contribution < -0.4 is 10.6 Å². The third-order valence-electron chi connectivity index (χ3n) is 5.67. The van der Waals surface area contributed by atoms with Gasteiger partial charge in [-0.25, -0.2) is 4.79 Å². The van der Waals surface area contributed by atoms with Gasteiger partial charge < -0.3 is 24.9 Å². The van der Waals surface area contributed by atoms with E-state index >= 15 is 0 Å². The number of likely N-dealkylation sites (tertiary alicyclic amines) is 2. The van der Waals surface area contributed by atoms with E-state index < -0.39 is 0 Å². The van der Waals surface area contributed by atoms with E-state index in [0.717, 1.165) is 5.69 Å². The molecule has 1 aromatic carbocycles. The minimum absolute atomic E-state index is 0.0208. The van der Waals surface area contributed by atoms with E-state index in [1.807, 2.05) is 36.4 Å². The first kappa shape index (κ1) is 20.0. The van der Waals surface area contributed by atoms with Gasteiger partial charge in [0.1, 0.15) is 5.76 Å². The zero-order valence-electron chi connectivity index (χ0n) is 16.8.